The molecule has 0 radical (unpaired) electrons. The van der Waals surface area contributed by atoms with E-state index in [1.165, 1.54) is 6.20 Å². The first-order chi connectivity index (χ1) is 7.27. The van der Waals surface area contributed by atoms with Crippen molar-refractivity contribution in [1.82, 2.24) is 10.2 Å². The predicted octanol–water partition coefficient (Wildman–Crippen LogP) is 3.09. The molecule has 0 amide bonds. The zero-order valence-corrected chi connectivity index (χ0v) is 7.74. The Hall–Kier alpha value is -1.91. The fourth-order valence-electron chi connectivity index (χ4n) is 1.24. The van der Waals surface area contributed by atoms with E-state index >= 15 is 0 Å². The molecule has 2 N–H and O–H groups in total. The maximum absolute atomic E-state index is 12.4. The highest BCUT2D eigenvalue weighted by Crippen LogP contribution is 2.26. The lowest BCUT2D eigenvalue weighted by molar-refractivity contribution is 0.147. The van der Waals surface area contributed by atoms with Crippen LogP contribution in [0.2, 0.25) is 0 Å². The number of aromatic nitrogens is 2. The van der Waals surface area contributed by atoms with Gasteiger partial charge in [0.25, 0.3) is 6.43 Å². The van der Waals surface area contributed by atoms with Crippen LogP contribution in [0.1, 0.15) is 12.1 Å². The molecule has 1 heterocycles. The Morgan fingerprint density at radius 1 is 1.20 bits per heavy atom. The minimum Gasteiger partial charge on any atom is -0.353 e. The summed E-state index contributed by atoms with van der Waals surface area (Å²) in [6.07, 6.45) is -1.17. The molecule has 1 aromatic heterocycles. The molecule has 15 heavy (non-hydrogen) atoms. The van der Waals surface area contributed by atoms with Crippen LogP contribution < -0.4 is 5.32 Å². The zero-order chi connectivity index (χ0) is 10.7. The van der Waals surface area contributed by atoms with Gasteiger partial charge in [-0.1, -0.05) is 18.2 Å². The number of nitrogens with zero attached hydrogens (tertiary/aromatic N) is 1. The summed E-state index contributed by atoms with van der Waals surface area (Å²) in [6.45, 7) is 0. The first kappa shape index (κ1) is 9.64. The first-order valence-corrected chi connectivity index (χ1v) is 4.41. The van der Waals surface area contributed by atoms with Crippen LogP contribution in [0.5, 0.6) is 0 Å². The number of anilines is 2. The normalized spacial score (nSPS) is 10.6. The van der Waals surface area contributed by atoms with E-state index in [0.717, 1.165) is 5.69 Å². The summed E-state index contributed by atoms with van der Waals surface area (Å²) in [7, 11) is 0. The molecule has 0 spiro atoms. The molecule has 2 rings (SSSR count). The fraction of sp³-hybridized carbons (Fsp3) is 0.100. The van der Waals surface area contributed by atoms with Crippen LogP contribution in [0.4, 0.5) is 20.2 Å². The number of aromatic amines is 1. The molecular formula is C10H9F2N3. The van der Waals surface area contributed by atoms with Crippen molar-refractivity contribution < 1.29 is 8.78 Å². The second kappa shape index (κ2) is 4.08. The van der Waals surface area contributed by atoms with Crippen LogP contribution in [0, 0.1) is 0 Å². The van der Waals surface area contributed by atoms with E-state index < -0.39 is 6.43 Å². The average molecular weight is 209 g/mol. The third-order valence-corrected chi connectivity index (χ3v) is 1.93. The highest BCUT2D eigenvalue weighted by molar-refractivity contribution is 5.60. The first-order valence-electron chi connectivity index (χ1n) is 4.41. The smallest absolute Gasteiger partial charge is 0.284 e. The van der Waals surface area contributed by atoms with E-state index in [4.69, 9.17) is 0 Å². The van der Waals surface area contributed by atoms with E-state index in [-0.39, 0.29) is 5.69 Å². The predicted molar refractivity (Wildman–Crippen MR) is 53.3 cm³/mol. The molecule has 0 saturated heterocycles. The Morgan fingerprint density at radius 3 is 2.60 bits per heavy atom. The zero-order valence-electron chi connectivity index (χ0n) is 7.74. The number of halogens is 2. The summed E-state index contributed by atoms with van der Waals surface area (Å²) < 4.78 is 24.9. The van der Waals surface area contributed by atoms with Gasteiger partial charge in [-0.15, -0.1) is 0 Å². The molecule has 0 fully saturated rings. The quantitative estimate of drug-likeness (QED) is 0.815. The second-order valence-electron chi connectivity index (χ2n) is 2.98. The molecule has 5 heteroatoms. The summed E-state index contributed by atoms with van der Waals surface area (Å²) in [5, 5.41) is 8.74. The number of H-pyrrole nitrogens is 1. The minimum absolute atomic E-state index is 0.265. The van der Waals surface area contributed by atoms with Gasteiger partial charge >= 0.3 is 0 Å². The molecule has 0 bridgehead atoms. The Labute approximate surface area is 85.1 Å². The van der Waals surface area contributed by atoms with Gasteiger partial charge in [-0.25, -0.2) is 8.78 Å². The third-order valence-electron chi connectivity index (χ3n) is 1.93. The Bertz CT molecular complexity index is 425. The van der Waals surface area contributed by atoms with Crippen LogP contribution in [0.3, 0.4) is 0 Å². The van der Waals surface area contributed by atoms with Crippen LogP contribution in [0.25, 0.3) is 0 Å². The maximum atomic E-state index is 12.4. The highest BCUT2D eigenvalue weighted by atomic mass is 19.3. The van der Waals surface area contributed by atoms with E-state index in [2.05, 4.69) is 15.5 Å². The summed E-state index contributed by atoms with van der Waals surface area (Å²) in [5.41, 5.74) is 0.788. The maximum Gasteiger partial charge on any atom is 0.284 e. The Balaban J connectivity index is 2.21. The van der Waals surface area contributed by atoms with Gasteiger partial charge in [0.1, 0.15) is 0 Å². The summed E-state index contributed by atoms with van der Waals surface area (Å²) in [4.78, 5) is 0. The highest BCUT2D eigenvalue weighted by Gasteiger charge is 2.15. The second-order valence-corrected chi connectivity index (χ2v) is 2.98. The van der Waals surface area contributed by atoms with Crippen molar-refractivity contribution in [2.45, 2.75) is 6.43 Å². The molecule has 0 aliphatic rings. The largest absolute Gasteiger partial charge is 0.353 e. The lowest BCUT2D eigenvalue weighted by atomic mass is 10.3. The van der Waals surface area contributed by atoms with Gasteiger partial charge in [0, 0.05) is 11.9 Å². The minimum atomic E-state index is -2.58. The van der Waals surface area contributed by atoms with Crippen molar-refractivity contribution >= 4 is 11.4 Å². The number of benzene rings is 1. The third kappa shape index (κ3) is 2.12. The van der Waals surface area contributed by atoms with Crippen molar-refractivity contribution in [2.24, 2.45) is 0 Å². The number of hydrogen-bond donors (Lipinski definition) is 2. The number of hydrogen-bond acceptors (Lipinski definition) is 2. The molecule has 0 atom stereocenters. The topological polar surface area (TPSA) is 40.7 Å². The summed E-state index contributed by atoms with van der Waals surface area (Å²) in [5.74, 6) is 0. The molecule has 2 aromatic rings. The summed E-state index contributed by atoms with van der Waals surface area (Å²) in [6, 6.07) is 9.09. The molecular weight excluding hydrogens is 200 g/mol. The van der Waals surface area contributed by atoms with E-state index in [0.29, 0.717) is 5.69 Å². The van der Waals surface area contributed by atoms with Gasteiger partial charge in [0.2, 0.25) is 0 Å². The molecule has 3 nitrogen and oxygen atoms in total. The van der Waals surface area contributed by atoms with Gasteiger partial charge < -0.3 is 5.32 Å². The van der Waals surface area contributed by atoms with Crippen molar-refractivity contribution in [1.29, 1.82) is 0 Å². The van der Waals surface area contributed by atoms with Gasteiger partial charge in [0.05, 0.1) is 5.69 Å². The van der Waals surface area contributed by atoms with E-state index in [1.54, 1.807) is 12.1 Å². The van der Waals surface area contributed by atoms with E-state index in [9.17, 15) is 8.78 Å². The van der Waals surface area contributed by atoms with Crippen molar-refractivity contribution in [3.8, 4) is 0 Å². The van der Waals surface area contributed by atoms with Crippen LogP contribution in [-0.2, 0) is 0 Å². The molecule has 78 valence electrons. The Kier molecular flexibility index (Phi) is 2.62. The number of alkyl halides is 2. The molecule has 0 aliphatic carbocycles. The number of nitrogens with one attached hydrogen (secondary N) is 2. The van der Waals surface area contributed by atoms with Crippen LogP contribution in [-0.4, -0.2) is 10.2 Å². The molecule has 0 aliphatic heterocycles. The number of rotatable bonds is 3. The van der Waals surface area contributed by atoms with Crippen LogP contribution in [0.15, 0.2) is 36.5 Å². The molecule has 0 saturated carbocycles. The lowest BCUT2D eigenvalue weighted by Gasteiger charge is -2.04. The van der Waals surface area contributed by atoms with Gasteiger partial charge in [-0.2, -0.15) is 5.10 Å². The van der Waals surface area contributed by atoms with Crippen molar-refractivity contribution in [3.63, 3.8) is 0 Å². The van der Waals surface area contributed by atoms with Gasteiger partial charge in [-0.3, -0.25) is 5.10 Å². The average Bonchev–Trinajstić information content (AvgIpc) is 2.67. The number of para-hydroxylation sites is 1. The molecule has 0 unspecified atom stereocenters. The standard InChI is InChI=1S/C10H9F2N3/c11-10(12)9-8(6-13-15-9)14-7-4-2-1-3-5-7/h1-6,10,14H,(H,13,15). The Morgan fingerprint density at radius 2 is 1.93 bits per heavy atom. The lowest BCUT2D eigenvalue weighted by Crippen LogP contribution is -1.94. The van der Waals surface area contributed by atoms with Gasteiger partial charge in [0.15, 0.2) is 5.69 Å². The monoisotopic (exact) mass is 209 g/mol. The SMILES string of the molecule is FC(F)c1n[nH]cc1Nc1ccccc1. The molecule has 1 aromatic carbocycles. The van der Waals surface area contributed by atoms with Crippen molar-refractivity contribution in [2.75, 3.05) is 5.32 Å². The van der Waals surface area contributed by atoms with Crippen molar-refractivity contribution in [3.05, 3.63) is 42.2 Å². The van der Waals surface area contributed by atoms with Crippen LogP contribution >= 0.6 is 0 Å². The fourth-order valence-corrected chi connectivity index (χ4v) is 1.24. The van der Waals surface area contributed by atoms with Gasteiger partial charge in [-0.05, 0) is 12.1 Å². The van der Waals surface area contributed by atoms with E-state index in [1.807, 2.05) is 18.2 Å². The summed E-state index contributed by atoms with van der Waals surface area (Å²) >= 11 is 0.